The molecule has 0 N–H and O–H groups in total. The average Bonchev–Trinajstić information content (AvgIpc) is 3.77. The molecular formula is C50H32N2S. The number of nitrogens with zero attached hydrogens (tertiary/aromatic N) is 2. The summed E-state index contributed by atoms with van der Waals surface area (Å²) in [6, 6.07) is 71.0. The molecule has 2 nitrogen and oxygen atoms in total. The predicted molar refractivity (Wildman–Crippen MR) is 229 cm³/mol. The summed E-state index contributed by atoms with van der Waals surface area (Å²) in [7, 11) is 0. The molecule has 2 heterocycles. The molecule has 0 unspecified atom stereocenters. The fourth-order valence-electron chi connectivity index (χ4n) is 8.22. The summed E-state index contributed by atoms with van der Waals surface area (Å²) < 4.78 is 5.06. The Morgan fingerprint density at radius 2 is 0.981 bits per heavy atom. The normalized spacial score (nSPS) is 11.8. The van der Waals surface area contributed by atoms with E-state index in [0.29, 0.717) is 0 Å². The Kier molecular flexibility index (Phi) is 6.76. The monoisotopic (exact) mass is 692 g/mol. The Balaban J connectivity index is 1.07. The summed E-state index contributed by atoms with van der Waals surface area (Å²) in [5.41, 5.74) is 9.39. The minimum atomic E-state index is 1.12. The molecule has 0 saturated carbocycles. The van der Waals surface area contributed by atoms with Gasteiger partial charge >= 0.3 is 0 Å². The topological polar surface area (TPSA) is 8.17 Å². The van der Waals surface area contributed by atoms with Gasteiger partial charge in [0.25, 0.3) is 0 Å². The largest absolute Gasteiger partial charge is 0.310 e. The minimum absolute atomic E-state index is 1.12. The smallest absolute Gasteiger partial charge is 0.0619 e. The molecule has 11 aromatic rings. The van der Waals surface area contributed by atoms with Crippen molar-refractivity contribution < 1.29 is 0 Å². The fraction of sp³-hybridized carbons (Fsp3) is 0. The number of aromatic nitrogens is 1. The molecule has 0 aliphatic carbocycles. The van der Waals surface area contributed by atoms with Crippen molar-refractivity contribution in [3.63, 3.8) is 0 Å². The third-order valence-electron chi connectivity index (χ3n) is 10.7. The van der Waals surface area contributed by atoms with E-state index in [1.165, 1.54) is 74.6 Å². The standard InChI is InChI=1S/C50H32N2S/c1-2-13-38(14-3-1)52-47-31-37(22-27-43(47)45-28-21-35-11-6-7-15-42(35)50(45)52)34-18-23-39(24-19-34)51(40-25-20-33-10-4-5-12-36(33)30-40)41-26-29-49-46(32-41)44-16-8-9-17-48(44)53-49/h1-32H. The highest BCUT2D eigenvalue weighted by molar-refractivity contribution is 7.25. The van der Waals surface area contributed by atoms with Crippen molar-refractivity contribution in [2.45, 2.75) is 0 Å². The molecule has 0 fully saturated rings. The van der Waals surface area contributed by atoms with Crippen molar-refractivity contribution in [2.75, 3.05) is 4.90 Å². The van der Waals surface area contributed by atoms with Crippen LogP contribution in [0.15, 0.2) is 194 Å². The fourth-order valence-corrected chi connectivity index (χ4v) is 9.31. The number of hydrogen-bond acceptors (Lipinski definition) is 2. The second kappa shape index (κ2) is 11.9. The van der Waals surface area contributed by atoms with Crippen LogP contribution in [0.5, 0.6) is 0 Å². The summed E-state index contributed by atoms with van der Waals surface area (Å²) in [5.74, 6) is 0. The molecule has 0 spiro atoms. The Morgan fingerprint density at radius 3 is 1.85 bits per heavy atom. The molecule has 248 valence electrons. The number of anilines is 3. The van der Waals surface area contributed by atoms with Crippen LogP contribution in [0.4, 0.5) is 17.1 Å². The molecule has 0 aliphatic heterocycles. The number of hydrogen-bond donors (Lipinski definition) is 0. The van der Waals surface area contributed by atoms with Crippen molar-refractivity contribution in [3.05, 3.63) is 194 Å². The zero-order chi connectivity index (χ0) is 34.9. The Labute approximate surface area is 311 Å². The summed E-state index contributed by atoms with van der Waals surface area (Å²) in [5, 5.41) is 10.1. The summed E-state index contributed by atoms with van der Waals surface area (Å²) in [6.07, 6.45) is 0. The number of fused-ring (bicyclic) bond motifs is 9. The van der Waals surface area contributed by atoms with Crippen molar-refractivity contribution in [1.82, 2.24) is 4.57 Å². The van der Waals surface area contributed by atoms with E-state index in [1.807, 2.05) is 11.3 Å². The van der Waals surface area contributed by atoms with Crippen LogP contribution >= 0.6 is 11.3 Å². The van der Waals surface area contributed by atoms with E-state index in [2.05, 4.69) is 204 Å². The third kappa shape index (κ3) is 4.86. The lowest BCUT2D eigenvalue weighted by molar-refractivity contribution is 1.19. The zero-order valence-corrected chi connectivity index (χ0v) is 29.6. The molecule has 3 heteroatoms. The highest BCUT2D eigenvalue weighted by Crippen LogP contribution is 2.43. The van der Waals surface area contributed by atoms with Gasteiger partial charge < -0.3 is 9.47 Å². The summed E-state index contributed by atoms with van der Waals surface area (Å²) in [6.45, 7) is 0. The quantitative estimate of drug-likeness (QED) is 0.174. The number of benzene rings is 9. The lowest BCUT2D eigenvalue weighted by Crippen LogP contribution is -2.09. The average molecular weight is 693 g/mol. The molecule has 0 atom stereocenters. The van der Waals surface area contributed by atoms with E-state index in [1.54, 1.807) is 0 Å². The van der Waals surface area contributed by atoms with E-state index >= 15 is 0 Å². The lowest BCUT2D eigenvalue weighted by atomic mass is 10.0. The Bertz CT molecular complexity index is 3170. The van der Waals surface area contributed by atoms with Crippen LogP contribution in [0, 0.1) is 0 Å². The maximum absolute atomic E-state index is 2.44. The van der Waals surface area contributed by atoms with E-state index < -0.39 is 0 Å². The van der Waals surface area contributed by atoms with Gasteiger partial charge in [0, 0.05) is 59.1 Å². The van der Waals surface area contributed by atoms with Crippen LogP contribution in [-0.4, -0.2) is 4.57 Å². The van der Waals surface area contributed by atoms with Gasteiger partial charge in [-0.05, 0) is 94.0 Å². The Hall–Kier alpha value is -6.68. The van der Waals surface area contributed by atoms with Gasteiger partial charge in [-0.15, -0.1) is 11.3 Å². The van der Waals surface area contributed by atoms with Gasteiger partial charge in [0.15, 0.2) is 0 Å². The van der Waals surface area contributed by atoms with Gasteiger partial charge in [0.05, 0.1) is 11.0 Å². The van der Waals surface area contributed by atoms with Gasteiger partial charge in [-0.1, -0.05) is 127 Å². The number of para-hydroxylation sites is 1. The maximum atomic E-state index is 2.44. The molecule has 0 radical (unpaired) electrons. The van der Waals surface area contributed by atoms with Crippen LogP contribution in [-0.2, 0) is 0 Å². The van der Waals surface area contributed by atoms with Crippen LogP contribution in [0.25, 0.3) is 80.3 Å². The van der Waals surface area contributed by atoms with Crippen LogP contribution < -0.4 is 4.90 Å². The van der Waals surface area contributed by atoms with Gasteiger partial charge in [-0.3, -0.25) is 0 Å². The van der Waals surface area contributed by atoms with Crippen molar-refractivity contribution >= 4 is 91.9 Å². The second-order valence-electron chi connectivity index (χ2n) is 13.8. The van der Waals surface area contributed by atoms with Crippen LogP contribution in [0.3, 0.4) is 0 Å². The molecule has 0 saturated heterocycles. The molecule has 0 aliphatic rings. The Morgan fingerprint density at radius 1 is 0.358 bits per heavy atom. The van der Waals surface area contributed by atoms with E-state index in [9.17, 15) is 0 Å². The number of thiophene rings is 1. The summed E-state index contributed by atoms with van der Waals surface area (Å²) >= 11 is 1.86. The number of rotatable bonds is 5. The van der Waals surface area contributed by atoms with Crippen molar-refractivity contribution in [2.24, 2.45) is 0 Å². The molecule has 2 aromatic heterocycles. The molecule has 0 amide bonds. The molecule has 11 rings (SSSR count). The molecule has 0 bridgehead atoms. The minimum Gasteiger partial charge on any atom is -0.310 e. The van der Waals surface area contributed by atoms with Crippen molar-refractivity contribution in [1.29, 1.82) is 0 Å². The van der Waals surface area contributed by atoms with Gasteiger partial charge in [0.2, 0.25) is 0 Å². The van der Waals surface area contributed by atoms with E-state index in [0.717, 1.165) is 22.7 Å². The third-order valence-corrected chi connectivity index (χ3v) is 11.9. The summed E-state index contributed by atoms with van der Waals surface area (Å²) in [4.78, 5) is 2.39. The van der Waals surface area contributed by atoms with Crippen LogP contribution in [0.2, 0.25) is 0 Å². The van der Waals surface area contributed by atoms with Crippen molar-refractivity contribution in [3.8, 4) is 16.8 Å². The van der Waals surface area contributed by atoms with E-state index in [4.69, 9.17) is 0 Å². The highest BCUT2D eigenvalue weighted by Gasteiger charge is 2.18. The van der Waals surface area contributed by atoms with Crippen LogP contribution in [0.1, 0.15) is 0 Å². The van der Waals surface area contributed by atoms with Gasteiger partial charge in [-0.25, -0.2) is 0 Å². The zero-order valence-electron chi connectivity index (χ0n) is 28.8. The van der Waals surface area contributed by atoms with Gasteiger partial charge in [0.1, 0.15) is 0 Å². The van der Waals surface area contributed by atoms with Gasteiger partial charge in [-0.2, -0.15) is 0 Å². The SMILES string of the molecule is c1ccc(-n2c3cc(-c4ccc(N(c5ccc6ccccc6c5)c5ccc6sc7ccccc7c6c5)cc4)ccc3c3ccc4ccccc4c32)cc1. The predicted octanol–water partition coefficient (Wildman–Crippen LogP) is 14.6. The molecular weight excluding hydrogens is 661 g/mol. The maximum Gasteiger partial charge on any atom is 0.0619 e. The molecule has 53 heavy (non-hydrogen) atoms. The molecule has 9 aromatic carbocycles. The lowest BCUT2D eigenvalue weighted by Gasteiger charge is -2.26. The highest BCUT2D eigenvalue weighted by atomic mass is 32.1. The first-order chi connectivity index (χ1) is 26.3. The first-order valence-corrected chi connectivity index (χ1v) is 18.9. The second-order valence-corrected chi connectivity index (χ2v) is 14.9. The first-order valence-electron chi connectivity index (χ1n) is 18.1. The van der Waals surface area contributed by atoms with E-state index in [-0.39, 0.29) is 0 Å². The first kappa shape index (κ1) is 30.0.